The standard InChI is InChI=1S/C21H15FN4O2/c1-25-10-15(13-5-3-4-6-17(13)25)19(27)21-23-20(24-28-21)16-11-26(2)18-8-7-12(22)9-14(16)18/h3-11H,1-2H3. The molecule has 7 heteroatoms. The highest BCUT2D eigenvalue weighted by Gasteiger charge is 2.23. The van der Waals surface area contributed by atoms with Crippen molar-refractivity contribution < 1.29 is 13.7 Å². The summed E-state index contributed by atoms with van der Waals surface area (Å²) >= 11 is 0. The second kappa shape index (κ2) is 5.88. The number of carbonyl (C=O) groups excluding carboxylic acids is 1. The monoisotopic (exact) mass is 374 g/mol. The lowest BCUT2D eigenvalue weighted by Gasteiger charge is -1.95. The third kappa shape index (κ3) is 2.36. The van der Waals surface area contributed by atoms with Crippen molar-refractivity contribution in [3.8, 4) is 11.4 Å². The number of para-hydroxylation sites is 1. The van der Waals surface area contributed by atoms with Crippen LogP contribution in [-0.4, -0.2) is 25.1 Å². The van der Waals surface area contributed by atoms with Crippen LogP contribution in [0.2, 0.25) is 0 Å². The Balaban J connectivity index is 1.60. The molecule has 5 aromatic rings. The van der Waals surface area contributed by atoms with Gasteiger partial charge >= 0.3 is 0 Å². The Morgan fingerprint density at radius 3 is 2.61 bits per heavy atom. The van der Waals surface area contributed by atoms with Crippen molar-refractivity contribution >= 4 is 27.6 Å². The molecular weight excluding hydrogens is 359 g/mol. The summed E-state index contributed by atoms with van der Waals surface area (Å²) in [5.41, 5.74) is 2.88. The van der Waals surface area contributed by atoms with Crippen LogP contribution >= 0.6 is 0 Å². The lowest BCUT2D eigenvalue weighted by Crippen LogP contribution is -2.01. The second-order valence-corrected chi connectivity index (χ2v) is 6.74. The van der Waals surface area contributed by atoms with E-state index in [4.69, 9.17) is 4.52 Å². The molecule has 138 valence electrons. The number of aromatic nitrogens is 4. The van der Waals surface area contributed by atoms with Crippen LogP contribution in [0.5, 0.6) is 0 Å². The maximum absolute atomic E-state index is 13.7. The summed E-state index contributed by atoms with van der Waals surface area (Å²) in [4.78, 5) is 17.3. The smallest absolute Gasteiger partial charge is 0.299 e. The van der Waals surface area contributed by atoms with E-state index in [0.717, 1.165) is 16.4 Å². The molecule has 0 N–H and O–H groups in total. The molecule has 0 saturated heterocycles. The van der Waals surface area contributed by atoms with E-state index in [-0.39, 0.29) is 23.3 Å². The third-order valence-electron chi connectivity index (χ3n) is 4.95. The Bertz CT molecular complexity index is 1380. The maximum atomic E-state index is 13.7. The van der Waals surface area contributed by atoms with Crippen LogP contribution in [0.3, 0.4) is 0 Å². The Hall–Kier alpha value is -3.74. The molecule has 0 bridgehead atoms. The molecule has 0 amide bonds. The quantitative estimate of drug-likeness (QED) is 0.446. The molecule has 3 heterocycles. The van der Waals surface area contributed by atoms with Crippen molar-refractivity contribution in [2.24, 2.45) is 14.1 Å². The molecule has 6 nitrogen and oxygen atoms in total. The number of carbonyl (C=O) groups is 1. The fourth-order valence-electron chi connectivity index (χ4n) is 3.61. The van der Waals surface area contributed by atoms with Crippen molar-refractivity contribution in [3.63, 3.8) is 0 Å². The van der Waals surface area contributed by atoms with Gasteiger partial charge in [0.2, 0.25) is 5.82 Å². The van der Waals surface area contributed by atoms with E-state index in [1.807, 2.05) is 47.5 Å². The number of rotatable bonds is 3. The minimum absolute atomic E-state index is 0.0974. The molecule has 0 radical (unpaired) electrons. The first-order valence-corrected chi connectivity index (χ1v) is 8.70. The van der Waals surface area contributed by atoms with Crippen LogP contribution in [0.1, 0.15) is 16.2 Å². The fraction of sp³-hybridized carbons (Fsp3) is 0.0952. The Morgan fingerprint density at radius 2 is 1.75 bits per heavy atom. The lowest BCUT2D eigenvalue weighted by molar-refractivity contribution is 0.0995. The summed E-state index contributed by atoms with van der Waals surface area (Å²) in [6.07, 6.45) is 3.55. The van der Waals surface area contributed by atoms with E-state index < -0.39 is 0 Å². The average molecular weight is 374 g/mol. The zero-order chi connectivity index (χ0) is 19.4. The predicted octanol–water partition coefficient (Wildman–Crippen LogP) is 4.09. The van der Waals surface area contributed by atoms with Crippen molar-refractivity contribution in [1.29, 1.82) is 0 Å². The number of hydrogen-bond donors (Lipinski definition) is 0. The molecule has 2 aromatic carbocycles. The number of ketones is 1. The molecule has 5 rings (SSSR count). The summed E-state index contributed by atoms with van der Waals surface area (Å²) < 4.78 is 22.7. The summed E-state index contributed by atoms with van der Waals surface area (Å²) in [5, 5.41) is 5.44. The number of benzene rings is 2. The van der Waals surface area contributed by atoms with Gasteiger partial charge < -0.3 is 13.7 Å². The van der Waals surface area contributed by atoms with Crippen LogP contribution in [0.15, 0.2) is 59.4 Å². The van der Waals surface area contributed by atoms with Gasteiger partial charge in [-0.2, -0.15) is 4.98 Å². The van der Waals surface area contributed by atoms with E-state index in [0.29, 0.717) is 16.5 Å². The average Bonchev–Trinajstić information content (AvgIpc) is 3.38. The molecule has 28 heavy (non-hydrogen) atoms. The van der Waals surface area contributed by atoms with Gasteiger partial charge in [0.25, 0.3) is 11.7 Å². The van der Waals surface area contributed by atoms with Gasteiger partial charge in [0.15, 0.2) is 0 Å². The SMILES string of the molecule is Cn1cc(C(=O)c2nc(-c3cn(C)c4ccc(F)cc34)no2)c2ccccc21. The minimum atomic E-state index is -0.351. The topological polar surface area (TPSA) is 65.8 Å². The molecule has 0 aliphatic carbocycles. The molecule has 0 aliphatic heterocycles. The van der Waals surface area contributed by atoms with Gasteiger partial charge in [-0.05, 0) is 24.3 Å². The minimum Gasteiger partial charge on any atom is -0.350 e. The molecule has 3 aromatic heterocycles. The number of nitrogens with zero attached hydrogens (tertiary/aromatic N) is 4. The zero-order valence-electron chi connectivity index (χ0n) is 15.2. The Kier molecular flexibility index (Phi) is 3.45. The number of aryl methyl sites for hydroxylation is 2. The Labute approximate surface area is 158 Å². The number of fused-ring (bicyclic) bond motifs is 2. The number of halogens is 1. The van der Waals surface area contributed by atoms with Gasteiger partial charge in [-0.25, -0.2) is 4.39 Å². The second-order valence-electron chi connectivity index (χ2n) is 6.74. The van der Waals surface area contributed by atoms with E-state index in [1.165, 1.54) is 12.1 Å². The summed E-state index contributed by atoms with van der Waals surface area (Å²) in [5.74, 6) is -0.544. The molecule has 0 spiro atoms. The summed E-state index contributed by atoms with van der Waals surface area (Å²) in [6.45, 7) is 0. The highest BCUT2D eigenvalue weighted by atomic mass is 19.1. The fourth-order valence-corrected chi connectivity index (χ4v) is 3.61. The lowest BCUT2D eigenvalue weighted by atomic mass is 10.1. The van der Waals surface area contributed by atoms with E-state index >= 15 is 0 Å². The summed E-state index contributed by atoms with van der Waals surface area (Å²) in [7, 11) is 3.73. The van der Waals surface area contributed by atoms with Gasteiger partial charge in [0.05, 0.1) is 5.56 Å². The molecule has 0 saturated carbocycles. The van der Waals surface area contributed by atoms with Crippen molar-refractivity contribution in [1.82, 2.24) is 19.3 Å². The summed E-state index contributed by atoms with van der Waals surface area (Å²) in [6, 6.07) is 12.1. The van der Waals surface area contributed by atoms with Crippen LogP contribution in [0.25, 0.3) is 33.2 Å². The van der Waals surface area contributed by atoms with Crippen molar-refractivity contribution in [3.05, 3.63) is 72.1 Å². The number of hydrogen-bond acceptors (Lipinski definition) is 4. The first-order chi connectivity index (χ1) is 13.5. The van der Waals surface area contributed by atoms with Gasteiger partial charge in [-0.15, -0.1) is 0 Å². The van der Waals surface area contributed by atoms with Gasteiger partial charge in [0, 0.05) is 53.9 Å². The van der Waals surface area contributed by atoms with Crippen LogP contribution in [0, 0.1) is 5.82 Å². The molecule has 0 atom stereocenters. The molecule has 0 unspecified atom stereocenters. The van der Waals surface area contributed by atoms with Crippen molar-refractivity contribution in [2.75, 3.05) is 0 Å². The van der Waals surface area contributed by atoms with E-state index in [1.54, 1.807) is 18.5 Å². The highest BCUT2D eigenvalue weighted by Crippen LogP contribution is 2.30. The first-order valence-electron chi connectivity index (χ1n) is 8.70. The first kappa shape index (κ1) is 16.4. The normalized spacial score (nSPS) is 11.5. The van der Waals surface area contributed by atoms with Crippen LogP contribution in [-0.2, 0) is 14.1 Å². The molecular formula is C21H15FN4O2. The zero-order valence-corrected chi connectivity index (χ0v) is 15.2. The van der Waals surface area contributed by atoms with Gasteiger partial charge in [-0.1, -0.05) is 23.4 Å². The largest absolute Gasteiger partial charge is 0.350 e. The van der Waals surface area contributed by atoms with Gasteiger partial charge in [-0.3, -0.25) is 4.79 Å². The van der Waals surface area contributed by atoms with E-state index in [9.17, 15) is 9.18 Å². The highest BCUT2D eigenvalue weighted by molar-refractivity contribution is 6.14. The predicted molar refractivity (Wildman–Crippen MR) is 103 cm³/mol. The van der Waals surface area contributed by atoms with Crippen LogP contribution in [0.4, 0.5) is 4.39 Å². The maximum Gasteiger partial charge on any atom is 0.299 e. The van der Waals surface area contributed by atoms with E-state index in [2.05, 4.69) is 10.1 Å². The van der Waals surface area contributed by atoms with Crippen molar-refractivity contribution in [2.45, 2.75) is 0 Å². The molecule has 0 fully saturated rings. The molecule has 0 aliphatic rings. The Morgan fingerprint density at radius 1 is 1.00 bits per heavy atom. The third-order valence-corrected chi connectivity index (χ3v) is 4.95. The van der Waals surface area contributed by atoms with Crippen LogP contribution < -0.4 is 0 Å². The van der Waals surface area contributed by atoms with Gasteiger partial charge in [0.1, 0.15) is 5.82 Å².